The third kappa shape index (κ3) is 2.80. The molecule has 0 radical (unpaired) electrons. The number of nitro groups is 1. The van der Waals surface area contributed by atoms with Gasteiger partial charge in [0, 0.05) is 34.9 Å². The van der Waals surface area contributed by atoms with Gasteiger partial charge in [-0.1, -0.05) is 33.6 Å². The first-order chi connectivity index (χ1) is 10.0. The highest BCUT2D eigenvalue weighted by molar-refractivity contribution is 9.10. The topological polar surface area (TPSA) is 48.1 Å². The molecule has 0 bridgehead atoms. The molecule has 21 heavy (non-hydrogen) atoms. The molecule has 1 aromatic heterocycles. The van der Waals surface area contributed by atoms with E-state index in [-0.39, 0.29) is 5.69 Å². The van der Waals surface area contributed by atoms with E-state index in [1.807, 2.05) is 30.5 Å². The van der Waals surface area contributed by atoms with Crippen molar-refractivity contribution in [3.8, 4) is 0 Å². The Balaban J connectivity index is 1.99. The van der Waals surface area contributed by atoms with Crippen molar-refractivity contribution in [2.24, 2.45) is 0 Å². The average molecular weight is 366 g/mol. The van der Waals surface area contributed by atoms with Crippen LogP contribution in [0.1, 0.15) is 5.56 Å². The third-order valence-corrected chi connectivity index (χ3v) is 4.17. The Labute approximate surface area is 134 Å². The minimum atomic E-state index is -0.447. The summed E-state index contributed by atoms with van der Waals surface area (Å²) in [5.41, 5.74) is 1.93. The van der Waals surface area contributed by atoms with Crippen LogP contribution in [0.25, 0.3) is 10.9 Å². The van der Waals surface area contributed by atoms with Gasteiger partial charge in [0.25, 0.3) is 5.69 Å². The molecule has 1 heterocycles. The van der Waals surface area contributed by atoms with Gasteiger partial charge >= 0.3 is 0 Å². The fourth-order valence-corrected chi connectivity index (χ4v) is 2.84. The first-order valence-electron chi connectivity index (χ1n) is 6.22. The van der Waals surface area contributed by atoms with E-state index in [1.54, 1.807) is 6.07 Å². The molecule has 4 nitrogen and oxygen atoms in total. The lowest BCUT2D eigenvalue weighted by molar-refractivity contribution is -0.384. The predicted molar refractivity (Wildman–Crippen MR) is 86.8 cm³/mol. The van der Waals surface area contributed by atoms with Gasteiger partial charge in [-0.15, -0.1) is 0 Å². The predicted octanol–water partition coefficient (Wildman–Crippen LogP) is 5.01. The van der Waals surface area contributed by atoms with E-state index in [4.69, 9.17) is 11.6 Å². The van der Waals surface area contributed by atoms with E-state index in [1.165, 1.54) is 12.1 Å². The van der Waals surface area contributed by atoms with E-state index in [0.29, 0.717) is 11.6 Å². The maximum absolute atomic E-state index is 10.7. The second kappa shape index (κ2) is 5.50. The Morgan fingerprint density at radius 2 is 2.00 bits per heavy atom. The molecule has 0 atom stereocenters. The van der Waals surface area contributed by atoms with Gasteiger partial charge in [-0.25, -0.2) is 0 Å². The van der Waals surface area contributed by atoms with Gasteiger partial charge in [-0.3, -0.25) is 10.1 Å². The lowest BCUT2D eigenvalue weighted by Gasteiger charge is -2.08. The van der Waals surface area contributed by atoms with Gasteiger partial charge in [-0.05, 0) is 35.2 Å². The fourth-order valence-electron chi connectivity index (χ4n) is 2.26. The van der Waals surface area contributed by atoms with Crippen molar-refractivity contribution in [1.82, 2.24) is 4.57 Å². The zero-order valence-corrected chi connectivity index (χ0v) is 13.1. The molecule has 0 aliphatic carbocycles. The summed E-state index contributed by atoms with van der Waals surface area (Å²) in [6.45, 7) is 0.566. The number of hydrogen-bond acceptors (Lipinski definition) is 2. The van der Waals surface area contributed by atoms with Crippen LogP contribution in [0, 0.1) is 10.1 Å². The normalized spacial score (nSPS) is 11.0. The third-order valence-electron chi connectivity index (χ3n) is 3.32. The molecule has 0 aliphatic rings. The van der Waals surface area contributed by atoms with Crippen LogP contribution in [-0.2, 0) is 6.54 Å². The number of aromatic nitrogens is 1. The molecule has 0 saturated heterocycles. The van der Waals surface area contributed by atoms with Crippen LogP contribution in [0.15, 0.2) is 53.1 Å². The molecule has 0 amide bonds. The lowest BCUT2D eigenvalue weighted by atomic mass is 10.2. The van der Waals surface area contributed by atoms with Crippen molar-refractivity contribution in [3.05, 3.63) is 73.8 Å². The maximum atomic E-state index is 10.7. The highest BCUT2D eigenvalue weighted by Crippen LogP contribution is 2.26. The summed E-state index contributed by atoms with van der Waals surface area (Å²) in [4.78, 5) is 10.3. The molecule has 2 aromatic carbocycles. The summed E-state index contributed by atoms with van der Waals surface area (Å²) in [5, 5.41) is 12.3. The summed E-state index contributed by atoms with van der Waals surface area (Å²) in [6.07, 6.45) is 1.98. The van der Waals surface area contributed by atoms with Crippen LogP contribution in [0.4, 0.5) is 5.69 Å². The standard InChI is InChI=1S/C15H10BrClN2O2/c16-12-3-1-10-5-6-18(15(10)7-12)9-11-2-4-13(19(20)21)8-14(11)17/h1-8H,9H2. The van der Waals surface area contributed by atoms with Crippen molar-refractivity contribution >= 4 is 44.1 Å². The number of benzene rings is 2. The second-order valence-corrected chi connectivity index (χ2v) is 6.00. The number of rotatable bonds is 3. The molecule has 0 aliphatic heterocycles. The van der Waals surface area contributed by atoms with Crippen LogP contribution in [-0.4, -0.2) is 9.49 Å². The van der Waals surface area contributed by atoms with Crippen molar-refractivity contribution in [2.75, 3.05) is 0 Å². The molecule has 3 aromatic rings. The molecule has 0 unspecified atom stereocenters. The monoisotopic (exact) mass is 364 g/mol. The van der Waals surface area contributed by atoms with Crippen LogP contribution < -0.4 is 0 Å². The highest BCUT2D eigenvalue weighted by Gasteiger charge is 2.10. The minimum absolute atomic E-state index is 0.00357. The van der Waals surface area contributed by atoms with Crippen LogP contribution >= 0.6 is 27.5 Å². The first kappa shape index (κ1) is 14.1. The molecule has 3 rings (SSSR count). The number of hydrogen-bond donors (Lipinski definition) is 0. The molecular weight excluding hydrogens is 356 g/mol. The fraction of sp³-hybridized carbons (Fsp3) is 0.0667. The van der Waals surface area contributed by atoms with Gasteiger partial charge in [0.15, 0.2) is 0 Å². The average Bonchev–Trinajstić information content (AvgIpc) is 2.83. The summed E-state index contributed by atoms with van der Waals surface area (Å²) < 4.78 is 3.07. The van der Waals surface area contributed by atoms with E-state index in [9.17, 15) is 10.1 Å². The lowest BCUT2D eigenvalue weighted by Crippen LogP contribution is -1.99. The number of fused-ring (bicyclic) bond motifs is 1. The molecule has 0 fully saturated rings. The van der Waals surface area contributed by atoms with Crippen molar-refractivity contribution in [1.29, 1.82) is 0 Å². The SMILES string of the molecule is O=[N+]([O-])c1ccc(Cn2ccc3ccc(Br)cc32)c(Cl)c1. The highest BCUT2D eigenvalue weighted by atomic mass is 79.9. The van der Waals surface area contributed by atoms with Crippen LogP contribution in [0.5, 0.6) is 0 Å². The Bertz CT molecular complexity index is 845. The first-order valence-corrected chi connectivity index (χ1v) is 7.39. The van der Waals surface area contributed by atoms with E-state index in [2.05, 4.69) is 20.5 Å². The van der Waals surface area contributed by atoms with Gasteiger partial charge in [0.1, 0.15) is 0 Å². The summed E-state index contributed by atoms with van der Waals surface area (Å²) >= 11 is 9.61. The molecule has 0 spiro atoms. The second-order valence-electron chi connectivity index (χ2n) is 4.68. The van der Waals surface area contributed by atoms with Crippen molar-refractivity contribution in [2.45, 2.75) is 6.54 Å². The largest absolute Gasteiger partial charge is 0.343 e. The Hall–Kier alpha value is -1.85. The van der Waals surface area contributed by atoms with Gasteiger partial charge in [0.2, 0.25) is 0 Å². The Kier molecular flexibility index (Phi) is 3.69. The summed E-state index contributed by atoms with van der Waals surface area (Å²) in [6, 6.07) is 12.7. The van der Waals surface area contributed by atoms with Gasteiger partial charge < -0.3 is 4.57 Å². The molecule has 106 valence electrons. The Morgan fingerprint density at radius 3 is 2.71 bits per heavy atom. The minimum Gasteiger partial charge on any atom is -0.343 e. The van der Waals surface area contributed by atoms with Crippen molar-refractivity contribution < 1.29 is 4.92 Å². The van der Waals surface area contributed by atoms with Crippen molar-refractivity contribution in [3.63, 3.8) is 0 Å². The summed E-state index contributed by atoms with van der Waals surface area (Å²) in [5.74, 6) is 0. The van der Waals surface area contributed by atoms with E-state index < -0.39 is 4.92 Å². The van der Waals surface area contributed by atoms with E-state index >= 15 is 0 Å². The maximum Gasteiger partial charge on any atom is 0.270 e. The van der Waals surface area contributed by atoms with Gasteiger partial charge in [0.05, 0.1) is 9.95 Å². The molecular formula is C15H10BrClN2O2. The van der Waals surface area contributed by atoms with Gasteiger partial charge in [-0.2, -0.15) is 0 Å². The zero-order valence-electron chi connectivity index (χ0n) is 10.8. The Morgan fingerprint density at radius 1 is 1.19 bits per heavy atom. The quantitative estimate of drug-likeness (QED) is 0.483. The molecule has 0 N–H and O–H groups in total. The van der Waals surface area contributed by atoms with Crippen LogP contribution in [0.2, 0.25) is 5.02 Å². The zero-order chi connectivity index (χ0) is 15.0. The number of nitro benzene ring substituents is 1. The summed E-state index contributed by atoms with van der Waals surface area (Å²) in [7, 11) is 0. The number of nitrogens with zero attached hydrogens (tertiary/aromatic N) is 2. The smallest absolute Gasteiger partial charge is 0.270 e. The van der Waals surface area contributed by atoms with E-state index in [0.717, 1.165) is 20.9 Å². The van der Waals surface area contributed by atoms with Crippen LogP contribution in [0.3, 0.4) is 0 Å². The number of non-ortho nitro benzene ring substituents is 1. The molecule has 0 saturated carbocycles. The molecule has 6 heteroatoms. The number of halogens is 2.